The number of para-hydroxylation sites is 4. The van der Waals surface area contributed by atoms with Crippen LogP contribution in [0.4, 0.5) is 34.1 Å². The summed E-state index contributed by atoms with van der Waals surface area (Å²) in [4.78, 5) is 13.5. The molecule has 7 aromatic rings. The van der Waals surface area contributed by atoms with Crippen LogP contribution in [0, 0.1) is 6.92 Å². The summed E-state index contributed by atoms with van der Waals surface area (Å²) in [6, 6.07) is 47.0. The molecule has 220 valence electrons. The predicted molar refractivity (Wildman–Crippen MR) is 185 cm³/mol. The van der Waals surface area contributed by atoms with E-state index in [2.05, 4.69) is 158 Å². The van der Waals surface area contributed by atoms with Gasteiger partial charge >= 0.3 is 0 Å². The number of aryl methyl sites for hydroxylation is 1. The van der Waals surface area contributed by atoms with Gasteiger partial charge in [0.15, 0.2) is 0 Å². The molecule has 8 rings (SSSR count). The van der Waals surface area contributed by atoms with E-state index in [9.17, 15) is 0 Å². The Morgan fingerprint density at radius 3 is 2.16 bits per heavy atom. The SMILES string of the molecule is Cc1ccnc(-n2c3ccccc3c3ccc(N(c4ccccc4)c4cccc(N5ON(C(C)C)c6ccccc65)c4)cc32)c1. The second-order valence-corrected chi connectivity index (χ2v) is 11.7. The third kappa shape index (κ3) is 4.58. The van der Waals surface area contributed by atoms with Gasteiger partial charge in [0.1, 0.15) is 5.82 Å². The van der Waals surface area contributed by atoms with Crippen molar-refractivity contribution in [3.05, 3.63) is 145 Å². The average Bonchev–Trinajstić information content (AvgIpc) is 3.62. The Kier molecular flexibility index (Phi) is 6.50. The number of anilines is 6. The third-order valence-corrected chi connectivity index (χ3v) is 8.36. The quantitative estimate of drug-likeness (QED) is 0.193. The van der Waals surface area contributed by atoms with Crippen molar-refractivity contribution in [1.29, 1.82) is 0 Å². The summed E-state index contributed by atoms with van der Waals surface area (Å²) < 4.78 is 2.27. The smallest absolute Gasteiger partial charge is 0.137 e. The molecule has 0 fully saturated rings. The van der Waals surface area contributed by atoms with Gasteiger partial charge in [-0.2, -0.15) is 5.06 Å². The summed E-state index contributed by atoms with van der Waals surface area (Å²) in [5, 5.41) is 6.28. The Balaban J connectivity index is 1.30. The minimum absolute atomic E-state index is 0.182. The summed E-state index contributed by atoms with van der Waals surface area (Å²) in [5.74, 6) is 0.908. The monoisotopic (exact) mass is 587 g/mol. The fourth-order valence-corrected chi connectivity index (χ4v) is 6.33. The molecule has 3 heterocycles. The van der Waals surface area contributed by atoms with Crippen LogP contribution in [0.2, 0.25) is 0 Å². The number of hydrogen-bond acceptors (Lipinski definition) is 5. The minimum Gasteiger partial charge on any atom is -0.310 e. The second kappa shape index (κ2) is 10.8. The molecule has 0 aliphatic carbocycles. The summed E-state index contributed by atoms with van der Waals surface area (Å²) in [5.41, 5.74) is 9.58. The average molecular weight is 588 g/mol. The van der Waals surface area contributed by atoms with Crippen LogP contribution in [0.3, 0.4) is 0 Å². The highest BCUT2D eigenvalue weighted by Crippen LogP contribution is 2.45. The predicted octanol–water partition coefficient (Wildman–Crippen LogP) is 10.2. The number of hydroxylamine groups is 1. The van der Waals surface area contributed by atoms with E-state index in [0.29, 0.717) is 0 Å². The zero-order chi connectivity index (χ0) is 30.5. The largest absolute Gasteiger partial charge is 0.310 e. The third-order valence-electron chi connectivity index (χ3n) is 8.36. The maximum Gasteiger partial charge on any atom is 0.137 e. The van der Waals surface area contributed by atoms with Crippen LogP contribution < -0.4 is 15.0 Å². The van der Waals surface area contributed by atoms with Gasteiger partial charge in [-0.05, 0) is 99.1 Å². The lowest BCUT2D eigenvalue weighted by Gasteiger charge is -2.27. The van der Waals surface area contributed by atoms with Crippen LogP contribution in [0.25, 0.3) is 27.6 Å². The molecular formula is C39H33N5O. The van der Waals surface area contributed by atoms with Crippen molar-refractivity contribution < 1.29 is 4.94 Å². The molecule has 0 N–H and O–H groups in total. The Labute approximate surface area is 262 Å². The van der Waals surface area contributed by atoms with Gasteiger partial charge in [-0.25, -0.2) is 10.0 Å². The Morgan fingerprint density at radius 2 is 1.33 bits per heavy atom. The van der Waals surface area contributed by atoms with Crippen LogP contribution in [-0.4, -0.2) is 15.6 Å². The maximum atomic E-state index is 6.43. The Morgan fingerprint density at radius 1 is 0.622 bits per heavy atom. The van der Waals surface area contributed by atoms with Crippen molar-refractivity contribution in [2.24, 2.45) is 0 Å². The fraction of sp³-hybridized carbons (Fsp3) is 0.103. The van der Waals surface area contributed by atoms with Gasteiger partial charge in [0.05, 0.1) is 34.1 Å². The van der Waals surface area contributed by atoms with Gasteiger partial charge in [0, 0.05) is 34.0 Å². The van der Waals surface area contributed by atoms with Crippen molar-refractivity contribution in [3.63, 3.8) is 0 Å². The summed E-state index contributed by atoms with van der Waals surface area (Å²) >= 11 is 0. The van der Waals surface area contributed by atoms with E-state index < -0.39 is 0 Å². The number of nitrogens with zero attached hydrogens (tertiary/aromatic N) is 5. The van der Waals surface area contributed by atoms with E-state index in [1.165, 1.54) is 16.3 Å². The number of rotatable bonds is 6. The molecule has 0 spiro atoms. The number of benzene rings is 5. The molecule has 6 nitrogen and oxygen atoms in total. The fourth-order valence-electron chi connectivity index (χ4n) is 6.33. The number of hydrogen-bond donors (Lipinski definition) is 0. The first-order chi connectivity index (χ1) is 22.1. The first kappa shape index (κ1) is 27.0. The molecule has 1 aliphatic heterocycles. The van der Waals surface area contributed by atoms with Crippen molar-refractivity contribution in [3.8, 4) is 5.82 Å². The van der Waals surface area contributed by atoms with Gasteiger partial charge in [-0.1, -0.05) is 60.7 Å². The van der Waals surface area contributed by atoms with Gasteiger partial charge in [-0.3, -0.25) is 4.57 Å². The second-order valence-electron chi connectivity index (χ2n) is 11.7. The number of fused-ring (bicyclic) bond motifs is 4. The molecule has 45 heavy (non-hydrogen) atoms. The molecule has 2 aromatic heterocycles. The molecule has 0 saturated heterocycles. The van der Waals surface area contributed by atoms with Gasteiger partial charge in [0.25, 0.3) is 0 Å². The van der Waals surface area contributed by atoms with Crippen LogP contribution in [0.1, 0.15) is 19.4 Å². The first-order valence-electron chi connectivity index (χ1n) is 15.3. The van der Waals surface area contributed by atoms with E-state index in [-0.39, 0.29) is 6.04 Å². The van der Waals surface area contributed by atoms with Gasteiger partial charge in [0.2, 0.25) is 0 Å². The standard InChI is InChI=1S/C39H33N5O/c1-27(2)43-36-18-9-10-19-37(36)44(45-43)32-15-11-14-30(25-32)41(29-12-5-4-6-13-29)31-20-21-34-33-16-7-8-17-35(33)42(38(34)26-31)39-24-28(3)22-23-40-39/h4-27H,1-3H3. The number of pyridine rings is 1. The normalized spacial score (nSPS) is 12.8. The molecule has 0 amide bonds. The summed E-state index contributed by atoms with van der Waals surface area (Å²) in [6.45, 7) is 6.38. The molecule has 0 saturated carbocycles. The van der Waals surface area contributed by atoms with Crippen LogP contribution in [0.15, 0.2) is 140 Å². The van der Waals surface area contributed by atoms with E-state index >= 15 is 0 Å². The molecule has 6 heteroatoms. The molecule has 0 unspecified atom stereocenters. The Hall–Kier alpha value is -5.59. The van der Waals surface area contributed by atoms with Crippen LogP contribution in [0.5, 0.6) is 0 Å². The molecule has 1 aliphatic rings. The highest BCUT2D eigenvalue weighted by molar-refractivity contribution is 6.10. The lowest BCUT2D eigenvalue weighted by atomic mass is 10.1. The lowest BCUT2D eigenvalue weighted by Crippen LogP contribution is -2.31. The van der Waals surface area contributed by atoms with Crippen molar-refractivity contribution in [2.45, 2.75) is 26.8 Å². The number of aromatic nitrogens is 2. The van der Waals surface area contributed by atoms with Crippen molar-refractivity contribution in [2.75, 3.05) is 15.0 Å². The first-order valence-corrected chi connectivity index (χ1v) is 15.3. The summed E-state index contributed by atoms with van der Waals surface area (Å²) in [7, 11) is 0. The highest BCUT2D eigenvalue weighted by Gasteiger charge is 2.31. The van der Waals surface area contributed by atoms with E-state index in [1.807, 2.05) is 22.4 Å². The van der Waals surface area contributed by atoms with Crippen LogP contribution >= 0.6 is 0 Å². The summed E-state index contributed by atoms with van der Waals surface area (Å²) in [6.07, 6.45) is 1.88. The molecular weight excluding hydrogens is 554 g/mol. The zero-order valence-electron chi connectivity index (χ0n) is 25.5. The maximum absolute atomic E-state index is 6.43. The van der Waals surface area contributed by atoms with Crippen molar-refractivity contribution >= 4 is 55.9 Å². The van der Waals surface area contributed by atoms with Gasteiger partial charge < -0.3 is 4.90 Å². The molecule has 0 radical (unpaired) electrons. The lowest BCUT2D eigenvalue weighted by molar-refractivity contribution is 0.113. The van der Waals surface area contributed by atoms with Gasteiger partial charge in [-0.15, -0.1) is 4.94 Å². The molecule has 0 bridgehead atoms. The topological polar surface area (TPSA) is 36.8 Å². The van der Waals surface area contributed by atoms with E-state index in [1.54, 1.807) is 0 Å². The Bertz CT molecular complexity index is 2170. The highest BCUT2D eigenvalue weighted by atomic mass is 16.8. The van der Waals surface area contributed by atoms with E-state index in [0.717, 1.165) is 51.0 Å². The van der Waals surface area contributed by atoms with Crippen LogP contribution in [-0.2, 0) is 4.94 Å². The van der Waals surface area contributed by atoms with Crippen molar-refractivity contribution in [1.82, 2.24) is 9.55 Å². The van der Waals surface area contributed by atoms with E-state index in [4.69, 9.17) is 9.92 Å². The zero-order valence-corrected chi connectivity index (χ0v) is 25.5. The molecule has 5 aromatic carbocycles. The minimum atomic E-state index is 0.182. The molecule has 0 atom stereocenters.